The monoisotopic (exact) mass is 212 g/mol. The van der Waals surface area contributed by atoms with Crippen molar-refractivity contribution in [3.05, 3.63) is 0 Å². The van der Waals surface area contributed by atoms with Crippen molar-refractivity contribution in [2.45, 2.75) is 44.6 Å². The maximum absolute atomic E-state index is 11.0. The molecule has 1 heterocycles. The molecule has 86 valence electrons. The third-order valence-corrected chi connectivity index (χ3v) is 3.40. The van der Waals surface area contributed by atoms with Crippen LogP contribution in [0.3, 0.4) is 0 Å². The highest BCUT2D eigenvalue weighted by Crippen LogP contribution is 2.21. The van der Waals surface area contributed by atoms with Gasteiger partial charge in [0, 0.05) is 32.7 Å². The van der Waals surface area contributed by atoms with Crippen molar-refractivity contribution in [1.29, 1.82) is 0 Å². The van der Waals surface area contributed by atoms with Gasteiger partial charge in [0.25, 0.3) is 0 Å². The van der Waals surface area contributed by atoms with Crippen LogP contribution in [0, 0.1) is 5.92 Å². The van der Waals surface area contributed by atoms with E-state index < -0.39 is 0 Å². The van der Waals surface area contributed by atoms with Crippen molar-refractivity contribution >= 4 is 5.78 Å². The number of carbonyl (C=O) groups excluding carboxylic acids is 1. The van der Waals surface area contributed by atoms with Gasteiger partial charge in [-0.15, -0.1) is 0 Å². The van der Waals surface area contributed by atoms with Crippen LogP contribution < -0.4 is 0 Å². The molecule has 0 aromatic carbocycles. The van der Waals surface area contributed by atoms with Gasteiger partial charge in [-0.1, -0.05) is 0 Å². The fourth-order valence-electron chi connectivity index (χ4n) is 2.27. The smallest absolute Gasteiger partial charge is 0.133 e. The zero-order valence-corrected chi connectivity index (χ0v) is 9.24. The van der Waals surface area contributed by atoms with Gasteiger partial charge in [-0.3, -0.25) is 4.79 Å². The lowest BCUT2D eigenvalue weighted by Gasteiger charge is -2.26. The Morgan fingerprint density at radius 1 is 1.13 bits per heavy atom. The van der Waals surface area contributed by atoms with E-state index in [1.165, 1.54) is 0 Å². The van der Waals surface area contributed by atoms with E-state index in [1.807, 2.05) is 0 Å². The largest absolute Gasteiger partial charge is 0.381 e. The first-order valence-corrected chi connectivity index (χ1v) is 6.05. The molecule has 0 radical (unpaired) electrons. The Hall–Kier alpha value is -0.410. The van der Waals surface area contributed by atoms with Crippen LogP contribution in [0.5, 0.6) is 0 Å². The summed E-state index contributed by atoms with van der Waals surface area (Å²) in [6.45, 7) is 2.64. The molecular formula is C12H20O3. The van der Waals surface area contributed by atoms with E-state index in [4.69, 9.17) is 9.47 Å². The number of ether oxygens (including phenoxy) is 2. The quantitative estimate of drug-likeness (QED) is 0.717. The zero-order chi connectivity index (χ0) is 10.5. The second-order valence-electron chi connectivity index (χ2n) is 4.63. The van der Waals surface area contributed by atoms with Crippen LogP contribution in [0.1, 0.15) is 38.5 Å². The molecule has 3 heteroatoms. The average Bonchev–Trinajstić information content (AvgIpc) is 2.30. The van der Waals surface area contributed by atoms with Crippen LogP contribution in [-0.2, 0) is 14.3 Å². The highest BCUT2D eigenvalue weighted by molar-refractivity contribution is 5.79. The second-order valence-corrected chi connectivity index (χ2v) is 4.63. The Morgan fingerprint density at radius 2 is 1.80 bits per heavy atom. The van der Waals surface area contributed by atoms with Gasteiger partial charge < -0.3 is 9.47 Å². The summed E-state index contributed by atoms with van der Waals surface area (Å²) in [4.78, 5) is 11.0. The molecule has 1 saturated heterocycles. The molecule has 0 aromatic heterocycles. The molecule has 0 amide bonds. The molecular weight excluding hydrogens is 192 g/mol. The first-order chi connectivity index (χ1) is 7.34. The van der Waals surface area contributed by atoms with Crippen LogP contribution >= 0.6 is 0 Å². The summed E-state index contributed by atoms with van der Waals surface area (Å²) in [5, 5.41) is 0. The first-order valence-electron chi connectivity index (χ1n) is 6.05. The van der Waals surface area contributed by atoms with Crippen molar-refractivity contribution in [2.24, 2.45) is 5.92 Å². The Balaban J connectivity index is 1.62. The molecule has 0 aromatic rings. The highest BCUT2D eigenvalue weighted by Gasteiger charge is 2.21. The molecule has 0 spiro atoms. The molecule has 2 rings (SSSR count). The van der Waals surface area contributed by atoms with Crippen LogP contribution in [0.2, 0.25) is 0 Å². The van der Waals surface area contributed by atoms with E-state index in [0.29, 0.717) is 17.8 Å². The van der Waals surface area contributed by atoms with Gasteiger partial charge in [0.1, 0.15) is 5.78 Å². The normalized spacial score (nSPS) is 25.7. The van der Waals surface area contributed by atoms with Crippen LogP contribution in [0.4, 0.5) is 0 Å². The molecule has 0 bridgehead atoms. The van der Waals surface area contributed by atoms with Gasteiger partial charge in [-0.2, -0.15) is 0 Å². The Morgan fingerprint density at radius 3 is 2.47 bits per heavy atom. The molecule has 1 saturated carbocycles. The third kappa shape index (κ3) is 3.58. The molecule has 0 atom stereocenters. The summed E-state index contributed by atoms with van der Waals surface area (Å²) >= 11 is 0. The zero-order valence-electron chi connectivity index (χ0n) is 9.24. The number of rotatable bonds is 3. The first kappa shape index (κ1) is 11.1. The molecule has 1 aliphatic heterocycles. The van der Waals surface area contributed by atoms with Crippen molar-refractivity contribution < 1.29 is 14.3 Å². The minimum atomic E-state index is 0.338. The predicted molar refractivity (Wildman–Crippen MR) is 56.8 cm³/mol. The summed E-state index contributed by atoms with van der Waals surface area (Å²) < 4.78 is 11.2. The topological polar surface area (TPSA) is 35.5 Å². The van der Waals surface area contributed by atoms with Gasteiger partial charge >= 0.3 is 0 Å². The standard InChI is InChI=1S/C12H20O3/c13-11-1-3-12(4-2-11)15-9-10-5-7-14-8-6-10/h10,12H,1-9H2. The lowest BCUT2D eigenvalue weighted by atomic mass is 9.96. The maximum Gasteiger partial charge on any atom is 0.133 e. The molecule has 2 aliphatic rings. The minimum absolute atomic E-state index is 0.338. The minimum Gasteiger partial charge on any atom is -0.381 e. The van der Waals surface area contributed by atoms with E-state index in [2.05, 4.69) is 0 Å². The van der Waals surface area contributed by atoms with Crippen LogP contribution in [-0.4, -0.2) is 31.7 Å². The maximum atomic E-state index is 11.0. The molecule has 0 N–H and O–H groups in total. The second kappa shape index (κ2) is 5.61. The van der Waals surface area contributed by atoms with Crippen molar-refractivity contribution in [3.8, 4) is 0 Å². The van der Waals surface area contributed by atoms with Gasteiger partial charge in [0.2, 0.25) is 0 Å². The number of hydrogen-bond donors (Lipinski definition) is 0. The highest BCUT2D eigenvalue weighted by atomic mass is 16.5. The number of ketones is 1. The molecule has 15 heavy (non-hydrogen) atoms. The van der Waals surface area contributed by atoms with Crippen LogP contribution in [0.15, 0.2) is 0 Å². The van der Waals surface area contributed by atoms with Crippen LogP contribution in [0.25, 0.3) is 0 Å². The number of Topliss-reactive ketones (excluding diaryl/α,β-unsaturated/α-hetero) is 1. The Kier molecular flexibility index (Phi) is 4.15. The van der Waals surface area contributed by atoms with Crippen molar-refractivity contribution in [3.63, 3.8) is 0 Å². The lowest BCUT2D eigenvalue weighted by Crippen LogP contribution is -2.26. The third-order valence-electron chi connectivity index (χ3n) is 3.40. The molecule has 3 nitrogen and oxygen atoms in total. The lowest BCUT2D eigenvalue weighted by molar-refractivity contribution is -0.123. The predicted octanol–water partition coefficient (Wildman–Crippen LogP) is 1.94. The summed E-state index contributed by atoms with van der Waals surface area (Å²) in [6, 6.07) is 0. The van der Waals surface area contributed by atoms with E-state index in [1.54, 1.807) is 0 Å². The van der Waals surface area contributed by atoms with Gasteiger partial charge in [0.15, 0.2) is 0 Å². The van der Waals surface area contributed by atoms with Gasteiger partial charge in [0.05, 0.1) is 6.10 Å². The fourth-order valence-corrected chi connectivity index (χ4v) is 2.27. The fraction of sp³-hybridized carbons (Fsp3) is 0.917. The molecule has 1 aliphatic carbocycles. The van der Waals surface area contributed by atoms with E-state index in [-0.39, 0.29) is 0 Å². The van der Waals surface area contributed by atoms with E-state index in [0.717, 1.165) is 58.3 Å². The van der Waals surface area contributed by atoms with Gasteiger partial charge in [-0.25, -0.2) is 0 Å². The molecule has 0 unspecified atom stereocenters. The average molecular weight is 212 g/mol. The number of hydrogen-bond acceptors (Lipinski definition) is 3. The van der Waals surface area contributed by atoms with E-state index in [9.17, 15) is 4.79 Å². The van der Waals surface area contributed by atoms with Crippen molar-refractivity contribution in [1.82, 2.24) is 0 Å². The molecule has 2 fully saturated rings. The Labute approximate surface area is 91.1 Å². The van der Waals surface area contributed by atoms with Gasteiger partial charge in [-0.05, 0) is 31.6 Å². The summed E-state index contributed by atoms with van der Waals surface area (Å²) in [5.41, 5.74) is 0. The Bertz CT molecular complexity index is 199. The number of carbonyl (C=O) groups is 1. The summed E-state index contributed by atoms with van der Waals surface area (Å²) in [7, 11) is 0. The summed E-state index contributed by atoms with van der Waals surface area (Å²) in [5.74, 6) is 1.08. The summed E-state index contributed by atoms with van der Waals surface area (Å²) in [6.07, 6.45) is 5.91. The van der Waals surface area contributed by atoms with Crippen molar-refractivity contribution in [2.75, 3.05) is 19.8 Å². The van der Waals surface area contributed by atoms with E-state index >= 15 is 0 Å². The SMILES string of the molecule is O=C1CCC(OCC2CCOCC2)CC1.